The normalized spacial score (nSPS) is 19.8. The molecule has 96 valence electrons. The summed E-state index contributed by atoms with van der Waals surface area (Å²) < 4.78 is 7.15. The predicted molar refractivity (Wildman–Crippen MR) is 76.6 cm³/mol. The number of hydrogen-bond acceptors (Lipinski definition) is 2. The molecule has 0 radical (unpaired) electrons. The van der Waals surface area contributed by atoms with Gasteiger partial charge in [-0.05, 0) is 0 Å². The Bertz CT molecular complexity index is 593. The van der Waals surface area contributed by atoms with E-state index in [9.17, 15) is 5.11 Å². The first-order valence-electron chi connectivity index (χ1n) is 6.18. The Labute approximate surface area is 118 Å². The first-order valence-corrected chi connectivity index (χ1v) is 8.03. The molecule has 1 N–H and O–H groups in total. The van der Waals surface area contributed by atoms with Crippen molar-refractivity contribution in [1.82, 2.24) is 0 Å². The van der Waals surface area contributed by atoms with Gasteiger partial charge in [-0.2, -0.15) is 0 Å². The van der Waals surface area contributed by atoms with Gasteiger partial charge in [-0.1, -0.05) is 0 Å². The molecule has 1 heterocycles. The fraction of sp³-hybridized carbons (Fsp3) is 0.125. The van der Waals surface area contributed by atoms with E-state index in [-0.39, 0.29) is 15.0 Å². The van der Waals surface area contributed by atoms with Gasteiger partial charge in [-0.3, -0.25) is 0 Å². The van der Waals surface area contributed by atoms with Crippen molar-refractivity contribution in [1.29, 1.82) is 0 Å². The molecule has 0 saturated heterocycles. The summed E-state index contributed by atoms with van der Waals surface area (Å²) in [7, 11) is 0. The van der Waals surface area contributed by atoms with Crippen LogP contribution in [0.2, 0.25) is 0 Å². The van der Waals surface area contributed by atoms with Crippen LogP contribution in [0.25, 0.3) is 0 Å². The minimum atomic E-state index is -0.456. The average Bonchev–Trinajstić information content (AvgIpc) is 2.46. The van der Waals surface area contributed by atoms with E-state index < -0.39 is 6.10 Å². The van der Waals surface area contributed by atoms with Gasteiger partial charge >= 0.3 is 118 Å². The second-order valence-corrected chi connectivity index (χ2v) is 6.35. The van der Waals surface area contributed by atoms with Crippen LogP contribution in [-0.2, 0) is 0 Å². The Morgan fingerprint density at radius 2 is 1.79 bits per heavy atom. The molecule has 2 nitrogen and oxygen atoms in total. The third-order valence-corrected chi connectivity index (χ3v) is 4.92. The van der Waals surface area contributed by atoms with E-state index in [0.29, 0.717) is 6.42 Å². The molecule has 0 fully saturated rings. The first-order chi connectivity index (χ1) is 9.33. The molecule has 1 atom stereocenters. The Balaban J connectivity index is 1.78. The van der Waals surface area contributed by atoms with Crippen molar-refractivity contribution in [2.24, 2.45) is 0 Å². The SMILES string of the molecule is OC1C/C(=C\[Se]c2ccccc2)Oc2ccccc21. The van der Waals surface area contributed by atoms with E-state index in [1.54, 1.807) is 0 Å². The van der Waals surface area contributed by atoms with E-state index >= 15 is 0 Å². The molecule has 2 aromatic carbocycles. The van der Waals surface area contributed by atoms with Gasteiger partial charge in [0.25, 0.3) is 0 Å². The van der Waals surface area contributed by atoms with Crippen molar-refractivity contribution in [2.45, 2.75) is 12.5 Å². The number of fused-ring (bicyclic) bond motifs is 1. The van der Waals surface area contributed by atoms with E-state index in [2.05, 4.69) is 17.1 Å². The molecular weight excluding hydrogens is 303 g/mol. The molecule has 1 aliphatic heterocycles. The zero-order valence-electron chi connectivity index (χ0n) is 10.3. The molecule has 0 aromatic heterocycles. The summed E-state index contributed by atoms with van der Waals surface area (Å²) in [6.07, 6.45) is 0.105. The van der Waals surface area contributed by atoms with Crippen LogP contribution in [0, 0.1) is 0 Å². The van der Waals surface area contributed by atoms with Crippen molar-refractivity contribution in [3.05, 3.63) is 70.9 Å². The molecule has 3 rings (SSSR count). The number of benzene rings is 2. The monoisotopic (exact) mass is 318 g/mol. The van der Waals surface area contributed by atoms with Crippen LogP contribution in [0.1, 0.15) is 18.1 Å². The number of aliphatic hydroxyl groups is 1. The molecule has 0 saturated carbocycles. The van der Waals surface area contributed by atoms with Crippen LogP contribution in [-0.4, -0.2) is 20.1 Å². The molecular formula is C16H14O2Se. The maximum atomic E-state index is 10.1. The van der Waals surface area contributed by atoms with Crippen molar-refractivity contribution < 1.29 is 9.84 Å². The number of ether oxygens (including phenoxy) is 1. The van der Waals surface area contributed by atoms with Gasteiger partial charge in [-0.15, -0.1) is 0 Å². The summed E-state index contributed by atoms with van der Waals surface area (Å²) in [6, 6.07) is 18.0. The van der Waals surface area contributed by atoms with Crippen molar-refractivity contribution in [3.8, 4) is 5.75 Å². The zero-order valence-corrected chi connectivity index (χ0v) is 12.0. The maximum absolute atomic E-state index is 10.1. The quantitative estimate of drug-likeness (QED) is 0.862. The van der Waals surface area contributed by atoms with Crippen LogP contribution in [0.4, 0.5) is 0 Å². The molecule has 3 heteroatoms. The Morgan fingerprint density at radius 1 is 1.05 bits per heavy atom. The fourth-order valence-electron chi connectivity index (χ4n) is 2.04. The molecule has 0 spiro atoms. The number of hydrogen-bond donors (Lipinski definition) is 1. The van der Waals surface area contributed by atoms with Crippen LogP contribution in [0.15, 0.2) is 65.3 Å². The van der Waals surface area contributed by atoms with Crippen LogP contribution >= 0.6 is 0 Å². The Kier molecular flexibility index (Phi) is 3.69. The molecule has 0 bridgehead atoms. The number of aliphatic hydroxyl groups excluding tert-OH is 1. The molecule has 0 aliphatic carbocycles. The molecule has 19 heavy (non-hydrogen) atoms. The van der Waals surface area contributed by atoms with Crippen molar-refractivity contribution in [2.75, 3.05) is 0 Å². The summed E-state index contributed by atoms with van der Waals surface area (Å²) in [5, 5.41) is 10.1. The van der Waals surface area contributed by atoms with Gasteiger partial charge in [0.05, 0.1) is 0 Å². The molecule has 2 aromatic rings. The Hall–Kier alpha value is -1.54. The average molecular weight is 317 g/mol. The fourth-order valence-corrected chi connectivity index (χ4v) is 3.56. The molecule has 0 amide bonds. The summed E-state index contributed by atoms with van der Waals surface area (Å²) in [5.74, 6) is 1.64. The van der Waals surface area contributed by atoms with Crippen LogP contribution in [0.3, 0.4) is 0 Å². The molecule has 1 aliphatic rings. The second kappa shape index (κ2) is 5.62. The third kappa shape index (κ3) is 2.90. The van der Waals surface area contributed by atoms with Crippen molar-refractivity contribution >= 4 is 19.4 Å². The number of para-hydroxylation sites is 1. The topological polar surface area (TPSA) is 29.5 Å². The molecule has 1 unspecified atom stereocenters. The van der Waals surface area contributed by atoms with Crippen LogP contribution in [0.5, 0.6) is 5.75 Å². The summed E-state index contributed by atoms with van der Waals surface area (Å²) in [6.45, 7) is 0. The minimum absolute atomic E-state index is 0.239. The van der Waals surface area contributed by atoms with Gasteiger partial charge in [0.1, 0.15) is 0 Å². The zero-order chi connectivity index (χ0) is 13.1. The van der Waals surface area contributed by atoms with Gasteiger partial charge in [-0.25, -0.2) is 0 Å². The summed E-state index contributed by atoms with van der Waals surface area (Å²) in [5.41, 5.74) is 0.881. The van der Waals surface area contributed by atoms with Crippen LogP contribution < -0.4 is 9.20 Å². The number of rotatable bonds is 2. The second-order valence-electron chi connectivity index (χ2n) is 4.37. The van der Waals surface area contributed by atoms with Gasteiger partial charge in [0, 0.05) is 0 Å². The Morgan fingerprint density at radius 3 is 2.63 bits per heavy atom. The standard InChI is InChI=1S/C16H14O2Se/c17-15-10-12(11-19-13-6-2-1-3-7-13)18-16-9-5-4-8-14(15)16/h1-9,11,15,17H,10H2/b12-11+. The van der Waals surface area contributed by atoms with E-state index in [1.165, 1.54) is 4.46 Å². The van der Waals surface area contributed by atoms with Gasteiger partial charge in [0.2, 0.25) is 0 Å². The third-order valence-electron chi connectivity index (χ3n) is 2.98. The summed E-state index contributed by atoms with van der Waals surface area (Å²) >= 11 is 0.239. The first kappa shape index (κ1) is 12.5. The predicted octanol–water partition coefficient (Wildman–Crippen LogP) is 2.37. The van der Waals surface area contributed by atoms with E-state index in [0.717, 1.165) is 17.1 Å². The van der Waals surface area contributed by atoms with Gasteiger partial charge < -0.3 is 0 Å². The van der Waals surface area contributed by atoms with Gasteiger partial charge in [0.15, 0.2) is 0 Å². The van der Waals surface area contributed by atoms with Crippen molar-refractivity contribution in [3.63, 3.8) is 0 Å². The summed E-state index contributed by atoms with van der Waals surface area (Å²) in [4.78, 5) is 2.11. The van der Waals surface area contributed by atoms with E-state index in [1.807, 2.05) is 42.5 Å². The van der Waals surface area contributed by atoms with E-state index in [4.69, 9.17) is 4.74 Å².